The van der Waals surface area contributed by atoms with Crippen LogP contribution in [0.1, 0.15) is 41.2 Å². The third kappa shape index (κ3) is 4.10. The van der Waals surface area contributed by atoms with Crippen molar-refractivity contribution < 1.29 is 9.53 Å². The first kappa shape index (κ1) is 20.8. The summed E-state index contributed by atoms with van der Waals surface area (Å²) in [5.74, 6) is 6.57. The van der Waals surface area contributed by atoms with Gasteiger partial charge in [-0.2, -0.15) is 0 Å². The van der Waals surface area contributed by atoms with E-state index in [1.54, 1.807) is 38.6 Å². The van der Waals surface area contributed by atoms with Crippen LogP contribution in [0.4, 0.5) is 0 Å². The van der Waals surface area contributed by atoms with Gasteiger partial charge in [0.25, 0.3) is 0 Å². The maximum absolute atomic E-state index is 13.2. The van der Waals surface area contributed by atoms with Gasteiger partial charge in [0, 0.05) is 47.8 Å². The van der Waals surface area contributed by atoms with Crippen LogP contribution < -0.4 is 4.74 Å². The summed E-state index contributed by atoms with van der Waals surface area (Å²) in [5, 5.41) is 10.4. The Morgan fingerprint density at radius 1 is 1.19 bits per heavy atom. The van der Waals surface area contributed by atoms with E-state index in [0.717, 1.165) is 32.9 Å². The fraction of sp³-hybridized carbons (Fsp3) is 0.240. The summed E-state index contributed by atoms with van der Waals surface area (Å²) >= 11 is 1.63. The van der Waals surface area contributed by atoms with Gasteiger partial charge in [-0.15, -0.1) is 17.3 Å². The monoisotopic (exact) mass is 429 g/mol. The zero-order valence-electron chi connectivity index (χ0n) is 17.7. The molecule has 3 aromatic rings. The number of carbonyl (C=O) groups is 1. The SMILES string of the molecule is CC#Cc1cncc(-c2csc([C@H]3CC(=N)N(C)C(=O)C3c3ccc(OC)cc3)c2)c1. The number of nitrogens with zero attached hydrogens (tertiary/aromatic N) is 2. The van der Waals surface area contributed by atoms with Crippen LogP contribution in [-0.4, -0.2) is 35.8 Å². The van der Waals surface area contributed by atoms with Crippen molar-refractivity contribution in [1.82, 2.24) is 9.88 Å². The first-order chi connectivity index (χ1) is 15.0. The number of rotatable bonds is 4. The van der Waals surface area contributed by atoms with Gasteiger partial charge in [0.1, 0.15) is 11.6 Å². The number of hydrogen-bond donors (Lipinski definition) is 1. The Balaban J connectivity index is 1.71. The highest BCUT2D eigenvalue weighted by molar-refractivity contribution is 7.10. The summed E-state index contributed by atoms with van der Waals surface area (Å²) in [4.78, 5) is 20.1. The largest absolute Gasteiger partial charge is 0.497 e. The van der Waals surface area contributed by atoms with E-state index in [1.165, 1.54) is 4.90 Å². The molecule has 5 nitrogen and oxygen atoms in total. The predicted octanol–water partition coefficient (Wildman–Crippen LogP) is 4.90. The molecular formula is C25H23N3O2S. The average Bonchev–Trinajstić information content (AvgIpc) is 3.28. The van der Waals surface area contributed by atoms with Crippen LogP contribution in [-0.2, 0) is 4.79 Å². The van der Waals surface area contributed by atoms with Gasteiger partial charge in [-0.05, 0) is 47.7 Å². The number of piperidine rings is 1. The van der Waals surface area contributed by atoms with E-state index in [2.05, 4.69) is 28.3 Å². The lowest BCUT2D eigenvalue weighted by Gasteiger charge is -2.36. The minimum Gasteiger partial charge on any atom is -0.497 e. The Bertz CT molecular complexity index is 1190. The van der Waals surface area contributed by atoms with Gasteiger partial charge in [0.05, 0.1) is 13.0 Å². The number of benzene rings is 1. The van der Waals surface area contributed by atoms with Crippen molar-refractivity contribution >= 4 is 23.1 Å². The molecule has 1 saturated heterocycles. The van der Waals surface area contributed by atoms with Crippen LogP contribution in [0, 0.1) is 17.3 Å². The molecule has 1 aliphatic heterocycles. The molecular weight excluding hydrogens is 406 g/mol. The van der Waals surface area contributed by atoms with Crippen molar-refractivity contribution in [2.75, 3.05) is 14.2 Å². The number of likely N-dealkylation sites (tertiary alicyclic amines) is 1. The topological polar surface area (TPSA) is 66.3 Å². The van der Waals surface area contributed by atoms with Crippen molar-refractivity contribution in [3.05, 3.63) is 70.2 Å². The molecule has 2 atom stereocenters. The summed E-state index contributed by atoms with van der Waals surface area (Å²) in [6.07, 6.45) is 4.10. The first-order valence-corrected chi connectivity index (χ1v) is 10.9. The molecule has 1 fully saturated rings. The van der Waals surface area contributed by atoms with Gasteiger partial charge in [-0.3, -0.25) is 15.2 Å². The van der Waals surface area contributed by atoms with E-state index < -0.39 is 0 Å². The number of aromatic nitrogens is 1. The van der Waals surface area contributed by atoms with Crippen LogP contribution >= 0.6 is 11.3 Å². The highest BCUT2D eigenvalue weighted by Gasteiger charge is 2.40. The Hall–Kier alpha value is -3.43. The number of nitrogens with one attached hydrogen (secondary N) is 1. The zero-order valence-corrected chi connectivity index (χ0v) is 18.5. The van der Waals surface area contributed by atoms with E-state index in [9.17, 15) is 4.79 Å². The fourth-order valence-electron chi connectivity index (χ4n) is 3.94. The number of carbonyl (C=O) groups excluding carboxylic acids is 1. The molecule has 1 aliphatic rings. The summed E-state index contributed by atoms with van der Waals surface area (Å²) in [7, 11) is 3.31. The van der Waals surface area contributed by atoms with E-state index in [1.807, 2.05) is 36.5 Å². The van der Waals surface area contributed by atoms with Gasteiger partial charge < -0.3 is 9.64 Å². The molecule has 156 valence electrons. The van der Waals surface area contributed by atoms with Crippen LogP contribution in [0.5, 0.6) is 5.75 Å². The summed E-state index contributed by atoms with van der Waals surface area (Å²) in [5.41, 5.74) is 3.86. The molecule has 0 saturated carbocycles. The third-order valence-corrected chi connectivity index (χ3v) is 6.68. The van der Waals surface area contributed by atoms with E-state index >= 15 is 0 Å². The second-order valence-electron chi connectivity index (χ2n) is 7.48. The second-order valence-corrected chi connectivity index (χ2v) is 8.42. The molecule has 31 heavy (non-hydrogen) atoms. The predicted molar refractivity (Wildman–Crippen MR) is 124 cm³/mol. The number of ether oxygens (including phenoxy) is 1. The third-order valence-electron chi connectivity index (χ3n) is 5.62. The molecule has 1 unspecified atom stereocenters. The minimum atomic E-state index is -0.341. The van der Waals surface area contributed by atoms with Crippen LogP contribution in [0.15, 0.2) is 54.2 Å². The van der Waals surface area contributed by atoms with Crippen LogP contribution in [0.3, 0.4) is 0 Å². The van der Waals surface area contributed by atoms with E-state index in [-0.39, 0.29) is 17.7 Å². The van der Waals surface area contributed by atoms with Gasteiger partial charge in [-0.25, -0.2) is 0 Å². The van der Waals surface area contributed by atoms with Crippen molar-refractivity contribution in [2.45, 2.75) is 25.2 Å². The standard InChI is InChI=1S/C25H23N3O2S/c1-4-5-16-10-18(14-27-13-16)19-11-22(31-15-19)21-12-23(26)28(2)25(29)24(21)17-6-8-20(30-3)9-7-17/h6-11,13-15,21,24,26H,12H2,1-3H3/t21-,24?/m1/s1. The molecule has 6 heteroatoms. The number of pyridine rings is 1. The van der Waals surface area contributed by atoms with Gasteiger partial charge >= 0.3 is 0 Å². The van der Waals surface area contributed by atoms with Crippen LogP contribution in [0.2, 0.25) is 0 Å². The first-order valence-electron chi connectivity index (χ1n) is 9.97. The number of methoxy groups -OCH3 is 1. The van der Waals surface area contributed by atoms with E-state index in [0.29, 0.717) is 12.3 Å². The minimum absolute atomic E-state index is 0.0525. The van der Waals surface area contributed by atoms with Crippen molar-refractivity contribution in [3.63, 3.8) is 0 Å². The molecule has 0 aliphatic carbocycles. The number of amides is 1. The number of amidine groups is 1. The van der Waals surface area contributed by atoms with Crippen molar-refractivity contribution in [1.29, 1.82) is 5.41 Å². The molecule has 0 spiro atoms. The highest BCUT2D eigenvalue weighted by atomic mass is 32.1. The second kappa shape index (κ2) is 8.75. The molecule has 1 N–H and O–H groups in total. The Kier molecular flexibility index (Phi) is 5.88. The van der Waals surface area contributed by atoms with E-state index in [4.69, 9.17) is 10.1 Å². The maximum atomic E-state index is 13.2. The number of likely N-dealkylation sites (N-methyl/N-ethyl adjacent to an activating group) is 1. The molecule has 1 amide bonds. The Morgan fingerprint density at radius 3 is 2.68 bits per heavy atom. The normalized spacial score (nSPS) is 18.5. The van der Waals surface area contributed by atoms with Gasteiger partial charge in [-0.1, -0.05) is 18.1 Å². The summed E-state index contributed by atoms with van der Waals surface area (Å²) in [6.45, 7) is 1.81. The molecule has 1 aromatic carbocycles. The van der Waals surface area contributed by atoms with Crippen molar-refractivity contribution in [3.8, 4) is 28.7 Å². The molecule has 3 heterocycles. The lowest BCUT2D eigenvalue weighted by atomic mass is 9.78. The smallest absolute Gasteiger partial charge is 0.235 e. The quantitative estimate of drug-likeness (QED) is 0.600. The van der Waals surface area contributed by atoms with Gasteiger partial charge in [0.15, 0.2) is 0 Å². The van der Waals surface area contributed by atoms with Crippen molar-refractivity contribution in [2.24, 2.45) is 0 Å². The molecule has 4 rings (SSSR count). The van der Waals surface area contributed by atoms with Gasteiger partial charge in [0.2, 0.25) is 5.91 Å². The van der Waals surface area contributed by atoms with Crippen LogP contribution in [0.25, 0.3) is 11.1 Å². The molecule has 0 bridgehead atoms. The molecule has 2 aromatic heterocycles. The highest BCUT2D eigenvalue weighted by Crippen LogP contribution is 2.44. The lowest BCUT2D eigenvalue weighted by molar-refractivity contribution is -0.129. The number of hydrogen-bond acceptors (Lipinski definition) is 5. The fourth-order valence-corrected chi connectivity index (χ4v) is 4.99. The summed E-state index contributed by atoms with van der Waals surface area (Å²) in [6, 6.07) is 11.8. The maximum Gasteiger partial charge on any atom is 0.235 e. The zero-order chi connectivity index (χ0) is 22.0. The Labute approximate surface area is 186 Å². The summed E-state index contributed by atoms with van der Waals surface area (Å²) < 4.78 is 5.27. The number of thiophene rings is 1. The average molecular weight is 430 g/mol. The lowest BCUT2D eigenvalue weighted by Crippen LogP contribution is -2.44. The molecule has 0 radical (unpaired) electrons. The Morgan fingerprint density at radius 2 is 1.97 bits per heavy atom.